The van der Waals surface area contributed by atoms with Gasteiger partial charge in [-0.3, -0.25) is 9.59 Å². The molecule has 0 atom stereocenters. The van der Waals surface area contributed by atoms with Gasteiger partial charge in [0.05, 0.1) is 13.5 Å². The Morgan fingerprint density at radius 1 is 1.33 bits per heavy atom. The first-order valence-corrected chi connectivity index (χ1v) is 5.89. The minimum Gasteiger partial charge on any atom is -0.469 e. The van der Waals surface area contributed by atoms with E-state index in [4.69, 9.17) is 4.42 Å². The third-order valence-electron chi connectivity index (χ3n) is 2.69. The van der Waals surface area contributed by atoms with Crippen molar-refractivity contribution in [2.75, 3.05) is 20.7 Å². The summed E-state index contributed by atoms with van der Waals surface area (Å²) in [7, 11) is 3.03. The van der Waals surface area contributed by atoms with Crippen LogP contribution in [0.15, 0.2) is 16.5 Å². The van der Waals surface area contributed by atoms with Gasteiger partial charge < -0.3 is 14.1 Å². The third kappa shape index (κ3) is 4.61. The molecule has 0 N–H and O–H groups in total. The Balaban J connectivity index is 2.29. The fourth-order valence-electron chi connectivity index (χ4n) is 1.52. The molecule has 0 aromatic carbocycles. The molecule has 1 heterocycles. The highest BCUT2D eigenvalue weighted by molar-refractivity contribution is 5.81. The molecule has 1 amide bonds. The molecule has 1 rings (SSSR count). The molecule has 1 aromatic heterocycles. The lowest BCUT2D eigenvalue weighted by Crippen LogP contribution is -2.29. The molecule has 0 fully saturated rings. The van der Waals surface area contributed by atoms with Gasteiger partial charge in [-0.05, 0) is 19.1 Å². The number of esters is 1. The van der Waals surface area contributed by atoms with Crippen molar-refractivity contribution in [3.8, 4) is 0 Å². The van der Waals surface area contributed by atoms with E-state index in [1.807, 2.05) is 19.1 Å². The molecule has 100 valence electrons. The average Bonchev–Trinajstić information content (AvgIpc) is 2.78. The first kappa shape index (κ1) is 14.3. The number of ether oxygens (including phenoxy) is 1. The lowest BCUT2D eigenvalue weighted by atomic mass is 10.2. The Bertz CT molecular complexity index is 411. The van der Waals surface area contributed by atoms with E-state index >= 15 is 0 Å². The number of carbonyl (C=O) groups is 2. The van der Waals surface area contributed by atoms with Crippen molar-refractivity contribution in [1.82, 2.24) is 4.90 Å². The molecular weight excluding hydrogens is 234 g/mol. The number of nitrogens with zero attached hydrogens (tertiary/aromatic N) is 1. The topological polar surface area (TPSA) is 59.8 Å². The summed E-state index contributed by atoms with van der Waals surface area (Å²) in [6, 6.07) is 3.80. The predicted molar refractivity (Wildman–Crippen MR) is 66.0 cm³/mol. The smallest absolute Gasteiger partial charge is 0.306 e. The van der Waals surface area contributed by atoms with E-state index in [0.717, 1.165) is 11.5 Å². The van der Waals surface area contributed by atoms with Crippen molar-refractivity contribution in [3.63, 3.8) is 0 Å². The number of rotatable bonds is 6. The molecule has 0 saturated heterocycles. The van der Waals surface area contributed by atoms with Crippen LogP contribution < -0.4 is 0 Å². The summed E-state index contributed by atoms with van der Waals surface area (Å²) in [6.45, 7) is 2.46. The number of carbonyl (C=O) groups excluding carboxylic acids is 2. The number of likely N-dealkylation sites (N-methyl/N-ethyl adjacent to an activating group) is 1. The lowest BCUT2D eigenvalue weighted by molar-refractivity contribution is -0.143. The summed E-state index contributed by atoms with van der Waals surface area (Å²) in [5.74, 6) is 1.30. The largest absolute Gasteiger partial charge is 0.469 e. The zero-order valence-corrected chi connectivity index (χ0v) is 11.1. The highest BCUT2D eigenvalue weighted by Gasteiger charge is 2.12. The molecule has 0 aliphatic carbocycles. The van der Waals surface area contributed by atoms with E-state index in [-0.39, 0.29) is 24.7 Å². The van der Waals surface area contributed by atoms with E-state index in [9.17, 15) is 9.59 Å². The van der Waals surface area contributed by atoms with Crippen molar-refractivity contribution < 1.29 is 18.7 Å². The SMILES string of the molecule is COC(=O)CCC(=O)N(C)CCc1ccc(C)o1. The van der Waals surface area contributed by atoms with Crippen LogP contribution in [-0.2, 0) is 20.7 Å². The third-order valence-corrected chi connectivity index (χ3v) is 2.69. The van der Waals surface area contributed by atoms with Crippen molar-refractivity contribution in [1.29, 1.82) is 0 Å². The van der Waals surface area contributed by atoms with Crippen LogP contribution in [0.4, 0.5) is 0 Å². The molecule has 0 aliphatic heterocycles. The van der Waals surface area contributed by atoms with Crippen LogP contribution in [0, 0.1) is 6.92 Å². The van der Waals surface area contributed by atoms with E-state index in [2.05, 4.69) is 4.74 Å². The van der Waals surface area contributed by atoms with Crippen molar-refractivity contribution in [2.45, 2.75) is 26.2 Å². The summed E-state index contributed by atoms with van der Waals surface area (Å²) >= 11 is 0. The van der Waals surface area contributed by atoms with Gasteiger partial charge in [0.2, 0.25) is 5.91 Å². The van der Waals surface area contributed by atoms with Crippen molar-refractivity contribution in [2.24, 2.45) is 0 Å². The second-order valence-corrected chi connectivity index (χ2v) is 4.15. The maximum absolute atomic E-state index is 11.7. The highest BCUT2D eigenvalue weighted by Crippen LogP contribution is 2.08. The molecular formula is C13H19NO4. The first-order valence-electron chi connectivity index (χ1n) is 5.89. The molecule has 0 saturated carbocycles. The van der Waals surface area contributed by atoms with Crippen LogP contribution in [-0.4, -0.2) is 37.5 Å². The average molecular weight is 253 g/mol. The van der Waals surface area contributed by atoms with Gasteiger partial charge >= 0.3 is 5.97 Å². The number of amides is 1. The normalized spacial score (nSPS) is 10.2. The van der Waals surface area contributed by atoms with Crippen molar-refractivity contribution in [3.05, 3.63) is 23.7 Å². The van der Waals surface area contributed by atoms with Crippen LogP contribution in [0.3, 0.4) is 0 Å². The Morgan fingerprint density at radius 3 is 2.61 bits per heavy atom. The molecule has 0 unspecified atom stereocenters. The van der Waals surface area contributed by atoms with Crippen LogP contribution >= 0.6 is 0 Å². The molecule has 1 aromatic rings. The summed E-state index contributed by atoms with van der Waals surface area (Å²) in [5.41, 5.74) is 0. The van der Waals surface area contributed by atoms with E-state index in [1.165, 1.54) is 7.11 Å². The maximum Gasteiger partial charge on any atom is 0.306 e. The Hall–Kier alpha value is -1.78. The van der Waals surface area contributed by atoms with Crippen LogP contribution in [0.2, 0.25) is 0 Å². The number of furan rings is 1. The van der Waals surface area contributed by atoms with Gasteiger partial charge in [0.25, 0.3) is 0 Å². The van der Waals surface area contributed by atoms with Gasteiger partial charge in [0.1, 0.15) is 11.5 Å². The minimum absolute atomic E-state index is 0.0660. The molecule has 0 bridgehead atoms. The fourth-order valence-corrected chi connectivity index (χ4v) is 1.52. The number of hydrogen-bond acceptors (Lipinski definition) is 4. The van der Waals surface area contributed by atoms with Crippen LogP contribution in [0.25, 0.3) is 0 Å². The summed E-state index contributed by atoms with van der Waals surface area (Å²) in [5, 5.41) is 0. The summed E-state index contributed by atoms with van der Waals surface area (Å²) < 4.78 is 9.90. The highest BCUT2D eigenvalue weighted by atomic mass is 16.5. The Morgan fingerprint density at radius 2 is 2.06 bits per heavy atom. The molecule has 5 nitrogen and oxygen atoms in total. The van der Waals surface area contributed by atoms with Gasteiger partial charge in [-0.1, -0.05) is 0 Å². The molecule has 18 heavy (non-hydrogen) atoms. The quantitative estimate of drug-likeness (QED) is 0.722. The van der Waals surface area contributed by atoms with Crippen LogP contribution in [0.5, 0.6) is 0 Å². The number of methoxy groups -OCH3 is 1. The van der Waals surface area contributed by atoms with Gasteiger partial charge in [-0.15, -0.1) is 0 Å². The van der Waals surface area contributed by atoms with Gasteiger partial charge in [0, 0.05) is 26.4 Å². The monoisotopic (exact) mass is 253 g/mol. The van der Waals surface area contributed by atoms with Gasteiger partial charge in [-0.25, -0.2) is 0 Å². The number of hydrogen-bond donors (Lipinski definition) is 0. The Labute approximate surface area is 107 Å². The van der Waals surface area contributed by atoms with E-state index < -0.39 is 0 Å². The zero-order valence-electron chi connectivity index (χ0n) is 11.1. The maximum atomic E-state index is 11.7. The molecule has 5 heteroatoms. The lowest BCUT2D eigenvalue weighted by Gasteiger charge is -2.16. The van der Waals surface area contributed by atoms with Gasteiger partial charge in [-0.2, -0.15) is 0 Å². The summed E-state index contributed by atoms with van der Waals surface area (Å²) in [6.07, 6.45) is 0.980. The standard InChI is InChI=1S/C13H19NO4/c1-10-4-5-11(18-10)8-9-14(2)12(15)6-7-13(16)17-3/h4-5H,6-9H2,1-3H3. The van der Waals surface area contributed by atoms with E-state index in [0.29, 0.717) is 13.0 Å². The number of aryl methyl sites for hydroxylation is 1. The minimum atomic E-state index is -0.363. The molecule has 0 aliphatic rings. The predicted octanol–water partition coefficient (Wildman–Crippen LogP) is 1.54. The van der Waals surface area contributed by atoms with Crippen molar-refractivity contribution >= 4 is 11.9 Å². The first-order chi connectivity index (χ1) is 8.52. The van der Waals surface area contributed by atoms with E-state index in [1.54, 1.807) is 11.9 Å². The summed E-state index contributed by atoms with van der Waals surface area (Å²) in [4.78, 5) is 24.2. The molecule has 0 radical (unpaired) electrons. The van der Waals surface area contributed by atoms with Gasteiger partial charge in [0.15, 0.2) is 0 Å². The fraction of sp³-hybridized carbons (Fsp3) is 0.538. The second-order valence-electron chi connectivity index (χ2n) is 4.15. The Kier molecular flexibility index (Phi) is 5.42. The molecule has 0 spiro atoms. The second kappa shape index (κ2) is 6.83. The zero-order chi connectivity index (χ0) is 13.5. The van der Waals surface area contributed by atoms with Crippen LogP contribution in [0.1, 0.15) is 24.4 Å².